The first-order valence-corrected chi connectivity index (χ1v) is 7.37. The molecular formula is C11H17ClN2O3S. The van der Waals surface area contributed by atoms with E-state index in [2.05, 4.69) is 4.72 Å². The number of hydrogen-bond acceptors (Lipinski definition) is 4. The van der Waals surface area contributed by atoms with Gasteiger partial charge in [-0.15, -0.1) is 0 Å². The average Bonchev–Trinajstić information content (AvgIpc) is 2.31. The highest BCUT2D eigenvalue weighted by atomic mass is 35.5. The van der Waals surface area contributed by atoms with Crippen LogP contribution in [-0.2, 0) is 14.8 Å². The van der Waals surface area contributed by atoms with Crippen LogP contribution in [0.2, 0.25) is 5.02 Å². The number of halogens is 1. The summed E-state index contributed by atoms with van der Waals surface area (Å²) < 4.78 is 31.3. The molecule has 0 heterocycles. The van der Waals surface area contributed by atoms with Gasteiger partial charge in [0.25, 0.3) is 0 Å². The Hall–Kier alpha value is -0.820. The van der Waals surface area contributed by atoms with Crippen LogP contribution in [0.5, 0.6) is 0 Å². The van der Waals surface area contributed by atoms with Crippen LogP contribution in [0.4, 0.5) is 5.69 Å². The molecule has 0 aliphatic heterocycles. The molecule has 0 radical (unpaired) electrons. The first kappa shape index (κ1) is 15.2. The highest BCUT2D eigenvalue weighted by Crippen LogP contribution is 2.25. The maximum absolute atomic E-state index is 11.9. The number of ether oxygens (including phenoxy) is 1. The summed E-state index contributed by atoms with van der Waals surface area (Å²) in [4.78, 5) is 0.0621. The lowest BCUT2D eigenvalue weighted by Crippen LogP contribution is -2.27. The summed E-state index contributed by atoms with van der Waals surface area (Å²) in [6.07, 6.45) is 0. The van der Waals surface area contributed by atoms with Gasteiger partial charge in [0.05, 0.1) is 11.5 Å². The molecule has 0 fully saturated rings. The summed E-state index contributed by atoms with van der Waals surface area (Å²) in [6, 6.07) is 2.78. The van der Waals surface area contributed by atoms with Gasteiger partial charge in [0.2, 0.25) is 10.0 Å². The lowest BCUT2D eigenvalue weighted by atomic mass is 10.2. The molecule has 3 N–H and O–H groups in total. The number of nitrogen functional groups attached to an aromatic ring is 1. The summed E-state index contributed by atoms with van der Waals surface area (Å²) in [5.74, 6) is 0. The van der Waals surface area contributed by atoms with Gasteiger partial charge in [-0.2, -0.15) is 0 Å². The zero-order valence-electron chi connectivity index (χ0n) is 10.4. The second-order valence-corrected chi connectivity index (χ2v) is 5.89. The standard InChI is InChI=1S/C11H17ClN2O3S/c1-3-17-5-4-14-18(15,16)9-6-10(12)8(2)11(13)7-9/h6-7,14H,3-5,13H2,1-2H3. The van der Waals surface area contributed by atoms with Gasteiger partial charge in [-0.05, 0) is 31.5 Å². The Labute approximate surface area is 112 Å². The molecule has 18 heavy (non-hydrogen) atoms. The zero-order valence-corrected chi connectivity index (χ0v) is 11.9. The van der Waals surface area contributed by atoms with Crippen LogP contribution in [0.1, 0.15) is 12.5 Å². The molecule has 0 saturated carbocycles. The fourth-order valence-corrected chi connectivity index (χ4v) is 2.67. The number of nitrogens with one attached hydrogen (secondary N) is 1. The van der Waals surface area contributed by atoms with Gasteiger partial charge in [-0.1, -0.05) is 11.6 Å². The van der Waals surface area contributed by atoms with Crippen LogP contribution in [0, 0.1) is 6.92 Å². The predicted octanol–water partition coefficient (Wildman–Crippen LogP) is 1.55. The molecule has 1 aromatic carbocycles. The van der Waals surface area contributed by atoms with Crippen molar-refractivity contribution < 1.29 is 13.2 Å². The van der Waals surface area contributed by atoms with Crippen molar-refractivity contribution in [2.45, 2.75) is 18.7 Å². The maximum Gasteiger partial charge on any atom is 0.240 e. The number of hydrogen-bond donors (Lipinski definition) is 2. The third-order valence-electron chi connectivity index (χ3n) is 2.41. The second-order valence-electron chi connectivity index (χ2n) is 3.71. The van der Waals surface area contributed by atoms with E-state index in [1.807, 2.05) is 6.92 Å². The molecule has 7 heteroatoms. The van der Waals surface area contributed by atoms with Crippen LogP contribution in [-0.4, -0.2) is 28.2 Å². The van der Waals surface area contributed by atoms with Crippen molar-refractivity contribution in [3.8, 4) is 0 Å². The van der Waals surface area contributed by atoms with E-state index in [1.165, 1.54) is 12.1 Å². The van der Waals surface area contributed by atoms with Crippen LogP contribution in [0.25, 0.3) is 0 Å². The number of nitrogens with two attached hydrogens (primary N) is 1. The third-order valence-corrected chi connectivity index (χ3v) is 4.24. The summed E-state index contributed by atoms with van der Waals surface area (Å²) >= 11 is 5.91. The summed E-state index contributed by atoms with van der Waals surface area (Å²) in [5.41, 5.74) is 6.72. The number of benzene rings is 1. The maximum atomic E-state index is 11.9. The molecule has 1 rings (SSSR count). The molecule has 1 aromatic rings. The topological polar surface area (TPSA) is 81.4 Å². The smallest absolute Gasteiger partial charge is 0.240 e. The Morgan fingerprint density at radius 3 is 2.67 bits per heavy atom. The van der Waals surface area contributed by atoms with Crippen LogP contribution >= 0.6 is 11.6 Å². The molecule has 0 amide bonds. The quantitative estimate of drug-likeness (QED) is 0.616. The fourth-order valence-electron chi connectivity index (χ4n) is 1.31. The average molecular weight is 293 g/mol. The van der Waals surface area contributed by atoms with Gasteiger partial charge in [0.15, 0.2) is 0 Å². The minimum absolute atomic E-state index is 0.0621. The molecule has 0 saturated heterocycles. The molecule has 0 spiro atoms. The van der Waals surface area contributed by atoms with E-state index >= 15 is 0 Å². The van der Waals surface area contributed by atoms with Crippen LogP contribution < -0.4 is 10.5 Å². The van der Waals surface area contributed by atoms with E-state index in [9.17, 15) is 8.42 Å². The lowest BCUT2D eigenvalue weighted by Gasteiger charge is -2.10. The van der Waals surface area contributed by atoms with Gasteiger partial charge in [0, 0.05) is 23.9 Å². The number of anilines is 1. The van der Waals surface area contributed by atoms with Gasteiger partial charge in [-0.3, -0.25) is 0 Å². The van der Waals surface area contributed by atoms with E-state index in [4.69, 9.17) is 22.1 Å². The van der Waals surface area contributed by atoms with Crippen molar-refractivity contribution in [1.29, 1.82) is 0 Å². The Bertz CT molecular complexity index is 494. The minimum atomic E-state index is -3.60. The number of sulfonamides is 1. The van der Waals surface area contributed by atoms with Crippen molar-refractivity contribution in [2.24, 2.45) is 0 Å². The molecule has 0 bridgehead atoms. The van der Waals surface area contributed by atoms with Crippen LogP contribution in [0.15, 0.2) is 17.0 Å². The molecular weight excluding hydrogens is 276 g/mol. The van der Waals surface area contributed by atoms with Gasteiger partial charge in [-0.25, -0.2) is 13.1 Å². The fraction of sp³-hybridized carbons (Fsp3) is 0.455. The Balaban J connectivity index is 2.85. The first-order valence-electron chi connectivity index (χ1n) is 5.51. The monoisotopic (exact) mass is 292 g/mol. The van der Waals surface area contributed by atoms with Crippen molar-refractivity contribution in [1.82, 2.24) is 4.72 Å². The van der Waals surface area contributed by atoms with Gasteiger partial charge in [0.1, 0.15) is 0 Å². The Morgan fingerprint density at radius 2 is 2.11 bits per heavy atom. The van der Waals surface area contributed by atoms with Gasteiger partial charge < -0.3 is 10.5 Å². The van der Waals surface area contributed by atoms with Crippen molar-refractivity contribution >= 4 is 27.3 Å². The lowest BCUT2D eigenvalue weighted by molar-refractivity contribution is 0.153. The zero-order chi connectivity index (χ0) is 13.8. The molecule has 0 aliphatic rings. The highest BCUT2D eigenvalue weighted by Gasteiger charge is 2.16. The molecule has 0 unspecified atom stereocenters. The second kappa shape index (κ2) is 6.38. The summed E-state index contributed by atoms with van der Waals surface area (Å²) in [6.45, 7) is 4.66. The normalized spacial score (nSPS) is 11.7. The largest absolute Gasteiger partial charge is 0.398 e. The Morgan fingerprint density at radius 1 is 1.44 bits per heavy atom. The molecule has 102 valence electrons. The summed E-state index contributed by atoms with van der Waals surface area (Å²) in [7, 11) is -3.60. The Kier molecular flexibility index (Phi) is 5.40. The van der Waals surface area contributed by atoms with E-state index in [1.54, 1.807) is 6.92 Å². The summed E-state index contributed by atoms with van der Waals surface area (Å²) in [5, 5.41) is 0.334. The van der Waals surface area contributed by atoms with E-state index in [-0.39, 0.29) is 11.4 Å². The molecule has 5 nitrogen and oxygen atoms in total. The van der Waals surface area contributed by atoms with Crippen molar-refractivity contribution in [2.75, 3.05) is 25.5 Å². The molecule has 0 atom stereocenters. The van der Waals surface area contributed by atoms with Crippen LogP contribution in [0.3, 0.4) is 0 Å². The third kappa shape index (κ3) is 3.84. The molecule has 0 aliphatic carbocycles. The predicted molar refractivity (Wildman–Crippen MR) is 72.3 cm³/mol. The highest BCUT2D eigenvalue weighted by molar-refractivity contribution is 7.89. The molecule has 0 aromatic heterocycles. The van der Waals surface area contributed by atoms with Crippen molar-refractivity contribution in [3.63, 3.8) is 0 Å². The SMILES string of the molecule is CCOCCNS(=O)(=O)c1cc(N)c(C)c(Cl)c1. The minimum Gasteiger partial charge on any atom is -0.398 e. The van der Waals surface area contributed by atoms with E-state index in [0.717, 1.165) is 0 Å². The van der Waals surface area contributed by atoms with Gasteiger partial charge >= 0.3 is 0 Å². The van der Waals surface area contributed by atoms with Crippen molar-refractivity contribution in [3.05, 3.63) is 22.7 Å². The van der Waals surface area contributed by atoms with E-state index < -0.39 is 10.0 Å². The van der Waals surface area contributed by atoms with E-state index in [0.29, 0.717) is 29.5 Å². The first-order chi connectivity index (χ1) is 8.38. The number of rotatable bonds is 6.